The summed E-state index contributed by atoms with van der Waals surface area (Å²) in [5, 5.41) is 8.64. The molecule has 1 N–H and O–H groups in total. The fourth-order valence-corrected chi connectivity index (χ4v) is 1.97. The van der Waals surface area contributed by atoms with Gasteiger partial charge in [-0.3, -0.25) is 0 Å². The van der Waals surface area contributed by atoms with Gasteiger partial charge in [0.05, 0.1) is 0 Å². The predicted molar refractivity (Wildman–Crippen MR) is 70.2 cm³/mol. The van der Waals surface area contributed by atoms with Crippen molar-refractivity contribution in [1.29, 1.82) is 0 Å². The molecule has 0 spiro atoms. The summed E-state index contributed by atoms with van der Waals surface area (Å²) in [6.45, 7) is 5.68. The lowest BCUT2D eigenvalue weighted by Crippen LogP contribution is -2.23. The molecule has 0 bridgehead atoms. The first-order valence-corrected chi connectivity index (χ1v) is 6.34. The standard InChI is InChI=1S/C13H18O3S/c1-13(2,3)16-12(15)11-8-7-10(17-11)6-4-5-9-14/h4,6-8,14H,5,9H2,1-3H3. The number of aliphatic hydroxyl groups is 1. The average Bonchev–Trinajstić information content (AvgIpc) is 2.64. The van der Waals surface area contributed by atoms with Gasteiger partial charge >= 0.3 is 5.97 Å². The number of aliphatic hydroxyl groups excluding tert-OH is 1. The Morgan fingerprint density at radius 3 is 2.76 bits per heavy atom. The van der Waals surface area contributed by atoms with Gasteiger partial charge in [-0.15, -0.1) is 11.3 Å². The first-order valence-electron chi connectivity index (χ1n) is 5.53. The van der Waals surface area contributed by atoms with Crippen molar-refractivity contribution in [2.45, 2.75) is 32.8 Å². The third-order valence-electron chi connectivity index (χ3n) is 1.80. The molecule has 0 saturated carbocycles. The third-order valence-corrected chi connectivity index (χ3v) is 2.84. The SMILES string of the molecule is CC(C)(C)OC(=O)c1ccc(C=CCCO)s1. The van der Waals surface area contributed by atoms with Gasteiger partial charge in [0.1, 0.15) is 10.5 Å². The van der Waals surface area contributed by atoms with Crippen molar-refractivity contribution >= 4 is 23.4 Å². The van der Waals surface area contributed by atoms with Gasteiger partial charge in [-0.2, -0.15) is 0 Å². The first kappa shape index (κ1) is 13.9. The first-order chi connectivity index (χ1) is 7.92. The van der Waals surface area contributed by atoms with E-state index >= 15 is 0 Å². The molecule has 0 aliphatic rings. The van der Waals surface area contributed by atoms with Crippen LogP contribution in [0, 0.1) is 0 Å². The van der Waals surface area contributed by atoms with Gasteiger partial charge in [0.2, 0.25) is 0 Å². The summed E-state index contributed by atoms with van der Waals surface area (Å²) in [5.74, 6) is -0.288. The van der Waals surface area contributed by atoms with Crippen LogP contribution in [0.2, 0.25) is 0 Å². The zero-order valence-electron chi connectivity index (χ0n) is 10.4. The Labute approximate surface area is 106 Å². The van der Waals surface area contributed by atoms with Crippen molar-refractivity contribution in [1.82, 2.24) is 0 Å². The lowest BCUT2D eigenvalue weighted by Gasteiger charge is -2.18. The van der Waals surface area contributed by atoms with Crippen molar-refractivity contribution < 1.29 is 14.6 Å². The number of carbonyl (C=O) groups is 1. The molecular weight excluding hydrogens is 236 g/mol. The second-order valence-corrected chi connectivity index (χ2v) is 5.73. The largest absolute Gasteiger partial charge is 0.456 e. The normalized spacial score (nSPS) is 12.0. The molecular formula is C13H18O3S. The van der Waals surface area contributed by atoms with Crippen LogP contribution >= 0.6 is 11.3 Å². The molecule has 0 aromatic carbocycles. The molecule has 0 aliphatic carbocycles. The Balaban J connectivity index is 2.65. The van der Waals surface area contributed by atoms with Crippen molar-refractivity contribution in [2.24, 2.45) is 0 Å². The molecule has 17 heavy (non-hydrogen) atoms. The molecule has 0 saturated heterocycles. The zero-order valence-corrected chi connectivity index (χ0v) is 11.2. The summed E-state index contributed by atoms with van der Waals surface area (Å²) in [7, 11) is 0. The highest BCUT2D eigenvalue weighted by molar-refractivity contribution is 7.14. The van der Waals surface area contributed by atoms with E-state index in [9.17, 15) is 4.79 Å². The van der Waals surface area contributed by atoms with Gasteiger partial charge in [0.25, 0.3) is 0 Å². The average molecular weight is 254 g/mol. The van der Waals surface area contributed by atoms with Gasteiger partial charge in [0.15, 0.2) is 0 Å². The molecule has 1 aromatic rings. The molecule has 1 aromatic heterocycles. The van der Waals surface area contributed by atoms with E-state index in [1.54, 1.807) is 6.07 Å². The maximum absolute atomic E-state index is 11.7. The van der Waals surface area contributed by atoms with E-state index in [0.29, 0.717) is 11.3 Å². The maximum Gasteiger partial charge on any atom is 0.348 e. The van der Waals surface area contributed by atoms with Crippen molar-refractivity contribution in [3.05, 3.63) is 28.0 Å². The van der Waals surface area contributed by atoms with E-state index in [4.69, 9.17) is 9.84 Å². The number of esters is 1. The summed E-state index contributed by atoms with van der Waals surface area (Å²) in [6, 6.07) is 3.63. The Kier molecular flexibility index (Phi) is 4.90. The lowest BCUT2D eigenvalue weighted by atomic mass is 10.2. The van der Waals surface area contributed by atoms with Crippen LogP contribution in [0.5, 0.6) is 0 Å². The number of hydrogen-bond acceptors (Lipinski definition) is 4. The monoisotopic (exact) mass is 254 g/mol. The van der Waals surface area contributed by atoms with Gasteiger partial charge in [0, 0.05) is 11.5 Å². The fourth-order valence-electron chi connectivity index (χ4n) is 1.15. The Morgan fingerprint density at radius 1 is 1.47 bits per heavy atom. The van der Waals surface area contributed by atoms with E-state index in [0.717, 1.165) is 4.88 Å². The van der Waals surface area contributed by atoms with Crippen LogP contribution in [0.1, 0.15) is 41.7 Å². The van der Waals surface area contributed by atoms with Crippen LogP contribution in [0.15, 0.2) is 18.2 Å². The maximum atomic E-state index is 11.7. The van der Waals surface area contributed by atoms with Crippen molar-refractivity contribution in [3.63, 3.8) is 0 Å². The van der Waals surface area contributed by atoms with E-state index in [1.165, 1.54) is 11.3 Å². The molecule has 1 rings (SSSR count). The van der Waals surface area contributed by atoms with Crippen LogP contribution in [-0.2, 0) is 4.74 Å². The predicted octanol–water partition coefficient (Wildman–Crippen LogP) is 3.10. The second kappa shape index (κ2) is 5.98. The van der Waals surface area contributed by atoms with E-state index in [1.807, 2.05) is 39.0 Å². The molecule has 94 valence electrons. The lowest BCUT2D eigenvalue weighted by molar-refractivity contribution is 0.00752. The minimum Gasteiger partial charge on any atom is -0.456 e. The molecule has 0 atom stereocenters. The summed E-state index contributed by atoms with van der Waals surface area (Å²) in [5.41, 5.74) is -0.464. The fraction of sp³-hybridized carbons (Fsp3) is 0.462. The number of thiophene rings is 1. The number of ether oxygens (including phenoxy) is 1. The van der Waals surface area contributed by atoms with Crippen LogP contribution in [0.3, 0.4) is 0 Å². The van der Waals surface area contributed by atoms with Crippen LogP contribution in [0.25, 0.3) is 6.08 Å². The quantitative estimate of drug-likeness (QED) is 0.840. The number of hydrogen-bond donors (Lipinski definition) is 1. The Morgan fingerprint density at radius 2 is 2.18 bits per heavy atom. The number of carbonyl (C=O) groups excluding carboxylic acids is 1. The molecule has 1 heterocycles. The van der Waals surface area contributed by atoms with E-state index in [-0.39, 0.29) is 12.6 Å². The third kappa shape index (κ3) is 5.15. The highest BCUT2D eigenvalue weighted by Gasteiger charge is 2.18. The van der Waals surface area contributed by atoms with Gasteiger partial charge in [-0.25, -0.2) is 4.79 Å². The molecule has 0 unspecified atom stereocenters. The molecule has 4 heteroatoms. The minimum absolute atomic E-state index is 0.140. The van der Waals surface area contributed by atoms with Crippen LogP contribution in [0.4, 0.5) is 0 Å². The van der Waals surface area contributed by atoms with Crippen molar-refractivity contribution in [3.8, 4) is 0 Å². The highest BCUT2D eigenvalue weighted by Crippen LogP contribution is 2.21. The molecule has 0 aliphatic heterocycles. The second-order valence-electron chi connectivity index (χ2n) is 4.62. The highest BCUT2D eigenvalue weighted by atomic mass is 32.1. The van der Waals surface area contributed by atoms with Gasteiger partial charge in [-0.1, -0.05) is 6.08 Å². The molecule has 0 fully saturated rings. The molecule has 3 nitrogen and oxygen atoms in total. The Bertz CT molecular complexity index is 399. The smallest absolute Gasteiger partial charge is 0.348 e. The van der Waals surface area contributed by atoms with Gasteiger partial charge < -0.3 is 9.84 Å². The van der Waals surface area contributed by atoms with Crippen LogP contribution in [-0.4, -0.2) is 23.3 Å². The topological polar surface area (TPSA) is 46.5 Å². The van der Waals surface area contributed by atoms with E-state index < -0.39 is 5.60 Å². The minimum atomic E-state index is -0.464. The summed E-state index contributed by atoms with van der Waals surface area (Å²) >= 11 is 1.39. The Hall–Kier alpha value is -1.13. The summed E-state index contributed by atoms with van der Waals surface area (Å²) in [6.07, 6.45) is 4.40. The van der Waals surface area contributed by atoms with Crippen molar-refractivity contribution in [2.75, 3.05) is 6.61 Å². The van der Waals surface area contributed by atoms with Gasteiger partial charge in [-0.05, 0) is 45.4 Å². The zero-order chi connectivity index (χ0) is 12.9. The van der Waals surface area contributed by atoms with Crippen LogP contribution < -0.4 is 0 Å². The summed E-state index contributed by atoms with van der Waals surface area (Å²) < 4.78 is 5.27. The number of rotatable bonds is 4. The molecule has 0 amide bonds. The van der Waals surface area contributed by atoms with E-state index in [2.05, 4.69) is 0 Å². The summed E-state index contributed by atoms with van der Waals surface area (Å²) in [4.78, 5) is 13.3. The molecule has 0 radical (unpaired) electrons.